The van der Waals surface area contributed by atoms with Crippen LogP contribution in [0.1, 0.15) is 21.6 Å². The number of carbonyl (C=O) groups is 2. The number of halogens is 2. The number of carbonyl (C=O) groups excluding carboxylic acids is 2. The Kier molecular flexibility index (Phi) is 7.79. The Morgan fingerprint density at radius 1 is 0.892 bits per heavy atom. The van der Waals surface area contributed by atoms with E-state index < -0.39 is 23.6 Å². The lowest BCUT2D eigenvalue weighted by Gasteiger charge is -2.10. The number of hydrogen-bond acceptors (Lipinski definition) is 5. The molecule has 1 heterocycles. The summed E-state index contributed by atoms with van der Waals surface area (Å²) in [6.45, 7) is 1.98. The average Bonchev–Trinajstić information content (AvgIpc) is 2.88. The van der Waals surface area contributed by atoms with Crippen LogP contribution in [-0.2, 0) is 0 Å². The van der Waals surface area contributed by atoms with E-state index in [0.717, 1.165) is 23.3 Å². The highest BCUT2D eigenvalue weighted by molar-refractivity contribution is 5.99. The molecule has 0 atom stereocenters. The third-order valence-electron chi connectivity index (χ3n) is 4.95. The van der Waals surface area contributed by atoms with Crippen LogP contribution >= 0.6 is 0 Å². The van der Waals surface area contributed by atoms with Gasteiger partial charge in [-0.05, 0) is 55.0 Å². The number of benzene rings is 3. The number of ether oxygens (including phenoxy) is 1. The number of rotatable bonds is 7. The zero-order chi connectivity index (χ0) is 26.2. The summed E-state index contributed by atoms with van der Waals surface area (Å²) in [7, 11) is 0. The molecule has 4 rings (SSSR count). The molecule has 4 aromatic rings. The van der Waals surface area contributed by atoms with E-state index in [4.69, 9.17) is 4.74 Å². The lowest BCUT2D eigenvalue weighted by atomic mass is 10.2. The molecule has 0 saturated heterocycles. The predicted molar refractivity (Wildman–Crippen MR) is 136 cm³/mol. The maximum atomic E-state index is 13.7. The molecule has 1 aromatic heterocycles. The van der Waals surface area contributed by atoms with Crippen LogP contribution in [0.5, 0.6) is 11.5 Å². The van der Waals surface area contributed by atoms with E-state index in [1.807, 2.05) is 31.2 Å². The minimum atomic E-state index is -0.887. The summed E-state index contributed by atoms with van der Waals surface area (Å²) in [6.07, 6.45) is 2.96. The highest BCUT2D eigenvalue weighted by atomic mass is 19.1. The molecule has 0 bridgehead atoms. The predicted octanol–water partition coefficient (Wildman–Crippen LogP) is 5.87. The van der Waals surface area contributed by atoms with E-state index in [-0.39, 0.29) is 11.4 Å². The van der Waals surface area contributed by atoms with Crippen LogP contribution in [0.4, 0.5) is 25.0 Å². The first-order valence-electron chi connectivity index (χ1n) is 11.0. The normalized spacial score (nSPS) is 10.7. The molecule has 0 radical (unpaired) electrons. The number of pyridine rings is 1. The van der Waals surface area contributed by atoms with Crippen molar-refractivity contribution >= 4 is 29.5 Å². The molecule has 8 nitrogen and oxygen atoms in total. The number of amides is 3. The summed E-state index contributed by atoms with van der Waals surface area (Å²) in [5.74, 6) is -1.33. The molecule has 0 aliphatic rings. The monoisotopic (exact) mass is 501 g/mol. The molecule has 37 heavy (non-hydrogen) atoms. The molecule has 3 amide bonds. The molecule has 10 heteroatoms. The van der Waals surface area contributed by atoms with Crippen LogP contribution in [0.25, 0.3) is 0 Å². The fraction of sp³-hybridized carbons (Fsp3) is 0.0370. The van der Waals surface area contributed by atoms with E-state index in [1.165, 1.54) is 18.5 Å². The van der Waals surface area contributed by atoms with E-state index in [2.05, 4.69) is 26.1 Å². The van der Waals surface area contributed by atoms with Gasteiger partial charge in [0.25, 0.3) is 5.91 Å². The quantitative estimate of drug-likeness (QED) is 0.218. The van der Waals surface area contributed by atoms with Crippen molar-refractivity contribution in [2.24, 2.45) is 5.10 Å². The maximum Gasteiger partial charge on any atom is 0.323 e. The van der Waals surface area contributed by atoms with Crippen molar-refractivity contribution in [3.63, 3.8) is 0 Å². The first-order chi connectivity index (χ1) is 17.9. The largest absolute Gasteiger partial charge is 0.457 e. The smallest absolute Gasteiger partial charge is 0.323 e. The van der Waals surface area contributed by atoms with Gasteiger partial charge in [-0.1, -0.05) is 29.8 Å². The highest BCUT2D eigenvalue weighted by Crippen LogP contribution is 2.23. The van der Waals surface area contributed by atoms with E-state index >= 15 is 0 Å². The molecule has 3 aromatic carbocycles. The summed E-state index contributed by atoms with van der Waals surface area (Å²) in [4.78, 5) is 28.5. The van der Waals surface area contributed by atoms with Crippen molar-refractivity contribution < 1.29 is 23.1 Å². The molecule has 0 spiro atoms. The standard InChI is InChI=1S/C27H21F2N5O3/c1-17-2-4-18(5-3-17)16-31-34-26(35)25-15-22(12-13-30-25)37-21-9-7-20(8-10-21)32-27(36)33-24-11-6-19(28)14-23(24)29/h2-16H,1H3,(H,34,35)(H2,32,33,36)/b31-16+. The van der Waals surface area contributed by atoms with Gasteiger partial charge in [0.15, 0.2) is 0 Å². The van der Waals surface area contributed by atoms with Crippen LogP contribution in [0.2, 0.25) is 0 Å². The summed E-state index contributed by atoms with van der Waals surface area (Å²) in [6, 6.07) is 19.2. The SMILES string of the molecule is Cc1ccc(/C=N/NC(=O)c2cc(Oc3ccc(NC(=O)Nc4ccc(F)cc4F)cc3)ccn2)cc1. The molecular weight excluding hydrogens is 480 g/mol. The number of hydrogen-bond donors (Lipinski definition) is 3. The van der Waals surface area contributed by atoms with Gasteiger partial charge in [0, 0.05) is 24.0 Å². The Labute approximate surface area is 211 Å². The van der Waals surface area contributed by atoms with E-state index in [1.54, 1.807) is 30.3 Å². The Balaban J connectivity index is 1.32. The second-order valence-corrected chi connectivity index (χ2v) is 7.82. The van der Waals surface area contributed by atoms with Gasteiger partial charge in [0.1, 0.15) is 28.8 Å². The number of anilines is 2. The van der Waals surface area contributed by atoms with Gasteiger partial charge < -0.3 is 15.4 Å². The lowest BCUT2D eigenvalue weighted by Crippen LogP contribution is -2.20. The van der Waals surface area contributed by atoms with Crippen LogP contribution in [0.15, 0.2) is 90.2 Å². The zero-order valence-corrected chi connectivity index (χ0v) is 19.5. The van der Waals surface area contributed by atoms with Gasteiger partial charge in [-0.15, -0.1) is 0 Å². The summed E-state index contributed by atoms with van der Waals surface area (Å²) < 4.78 is 32.5. The van der Waals surface area contributed by atoms with Gasteiger partial charge in [-0.3, -0.25) is 9.78 Å². The second kappa shape index (κ2) is 11.5. The van der Waals surface area contributed by atoms with Crippen molar-refractivity contribution in [3.8, 4) is 11.5 Å². The van der Waals surface area contributed by atoms with Gasteiger partial charge in [0.2, 0.25) is 0 Å². The average molecular weight is 501 g/mol. The molecule has 0 aliphatic heterocycles. The van der Waals surface area contributed by atoms with Crippen LogP contribution in [-0.4, -0.2) is 23.1 Å². The maximum absolute atomic E-state index is 13.7. The van der Waals surface area contributed by atoms with Crippen molar-refractivity contribution in [1.29, 1.82) is 0 Å². The molecule has 0 aliphatic carbocycles. The molecule has 186 valence electrons. The number of hydrazone groups is 1. The molecular formula is C27H21F2N5O3. The van der Waals surface area contributed by atoms with Gasteiger partial charge in [-0.2, -0.15) is 5.10 Å². The molecule has 3 N–H and O–H groups in total. The van der Waals surface area contributed by atoms with Crippen molar-refractivity contribution in [2.45, 2.75) is 6.92 Å². The lowest BCUT2D eigenvalue weighted by molar-refractivity contribution is 0.0949. The fourth-order valence-corrected chi connectivity index (χ4v) is 3.09. The van der Waals surface area contributed by atoms with Crippen LogP contribution in [0.3, 0.4) is 0 Å². The number of aromatic nitrogens is 1. The number of nitrogens with one attached hydrogen (secondary N) is 3. The first kappa shape index (κ1) is 25.0. The van der Waals surface area contributed by atoms with Crippen molar-refractivity contribution in [2.75, 3.05) is 10.6 Å². The second-order valence-electron chi connectivity index (χ2n) is 7.82. The Hall–Kier alpha value is -5.12. The first-order valence-corrected chi connectivity index (χ1v) is 11.0. The minimum absolute atomic E-state index is 0.113. The zero-order valence-electron chi connectivity index (χ0n) is 19.5. The number of nitrogens with zero attached hydrogens (tertiary/aromatic N) is 2. The Morgan fingerprint density at radius 3 is 2.38 bits per heavy atom. The Morgan fingerprint density at radius 2 is 1.65 bits per heavy atom. The summed E-state index contributed by atoms with van der Waals surface area (Å²) >= 11 is 0. The molecule has 0 saturated carbocycles. The number of urea groups is 1. The number of aryl methyl sites for hydroxylation is 1. The van der Waals surface area contributed by atoms with E-state index in [0.29, 0.717) is 23.3 Å². The van der Waals surface area contributed by atoms with Gasteiger partial charge >= 0.3 is 6.03 Å². The highest BCUT2D eigenvalue weighted by Gasteiger charge is 2.10. The third kappa shape index (κ3) is 7.18. The van der Waals surface area contributed by atoms with Gasteiger partial charge in [0.05, 0.1) is 11.9 Å². The fourth-order valence-electron chi connectivity index (χ4n) is 3.09. The summed E-state index contributed by atoms with van der Waals surface area (Å²) in [5, 5.41) is 8.79. The molecule has 0 unspecified atom stereocenters. The van der Waals surface area contributed by atoms with Crippen molar-refractivity contribution in [1.82, 2.24) is 10.4 Å². The van der Waals surface area contributed by atoms with Crippen molar-refractivity contribution in [3.05, 3.63) is 114 Å². The summed E-state index contributed by atoms with van der Waals surface area (Å²) in [5.41, 5.74) is 4.76. The Bertz CT molecular complexity index is 1440. The van der Waals surface area contributed by atoms with E-state index in [9.17, 15) is 18.4 Å². The molecule has 0 fully saturated rings. The van der Waals surface area contributed by atoms with Gasteiger partial charge in [-0.25, -0.2) is 19.0 Å². The topological polar surface area (TPSA) is 105 Å². The van der Waals surface area contributed by atoms with Crippen LogP contribution in [0, 0.1) is 18.6 Å². The van der Waals surface area contributed by atoms with Crippen LogP contribution < -0.4 is 20.8 Å². The third-order valence-corrected chi connectivity index (χ3v) is 4.95. The minimum Gasteiger partial charge on any atom is -0.457 e.